The van der Waals surface area contributed by atoms with Crippen molar-refractivity contribution in [3.63, 3.8) is 0 Å². The maximum absolute atomic E-state index is 13.1. The summed E-state index contributed by atoms with van der Waals surface area (Å²) in [6.45, 7) is 3.12. The van der Waals surface area contributed by atoms with E-state index in [1.165, 1.54) is 6.42 Å². The number of thiophene rings is 1. The second kappa shape index (κ2) is 8.74. The number of carbonyl (C=O) groups excluding carboxylic acids is 2. The van der Waals surface area contributed by atoms with Crippen LogP contribution in [0.3, 0.4) is 0 Å². The lowest BCUT2D eigenvalue weighted by atomic mass is 10.0. The number of carbonyl (C=O) groups is 2. The fourth-order valence-corrected chi connectivity index (χ4v) is 6.41. The Labute approximate surface area is 206 Å². The number of hydrogen-bond donors (Lipinski definition) is 0. The summed E-state index contributed by atoms with van der Waals surface area (Å²) >= 11 is 8.12. The Balaban J connectivity index is 1.34. The first kappa shape index (κ1) is 21.7. The third-order valence-electron chi connectivity index (χ3n) is 6.68. The van der Waals surface area contributed by atoms with Gasteiger partial charge in [0.25, 0.3) is 5.91 Å². The second-order valence-corrected chi connectivity index (χ2v) is 10.5. The van der Waals surface area contributed by atoms with Gasteiger partial charge in [-0.05, 0) is 43.5 Å². The molecule has 7 nitrogen and oxygen atoms in total. The molecule has 2 fully saturated rings. The summed E-state index contributed by atoms with van der Waals surface area (Å²) < 4.78 is 12.4. The number of piperidine rings is 1. The number of rotatable bonds is 4. The molecular weight excluding hydrogens is 474 g/mol. The maximum atomic E-state index is 13.1. The van der Waals surface area contributed by atoms with E-state index in [4.69, 9.17) is 21.1 Å². The van der Waals surface area contributed by atoms with Crippen molar-refractivity contribution in [1.29, 1.82) is 0 Å². The van der Waals surface area contributed by atoms with Crippen molar-refractivity contribution in [1.82, 2.24) is 14.8 Å². The number of cyclic esters (lactones) is 1. The zero-order valence-electron chi connectivity index (χ0n) is 18.6. The van der Waals surface area contributed by atoms with Crippen LogP contribution in [0.2, 0.25) is 5.02 Å². The minimum absolute atomic E-state index is 0.0637. The van der Waals surface area contributed by atoms with Gasteiger partial charge in [0.15, 0.2) is 6.10 Å². The van der Waals surface area contributed by atoms with Crippen LogP contribution in [-0.4, -0.2) is 59.1 Å². The summed E-state index contributed by atoms with van der Waals surface area (Å²) in [5.74, 6) is 0.791. The van der Waals surface area contributed by atoms with Crippen molar-refractivity contribution in [2.75, 3.05) is 26.2 Å². The minimum Gasteiger partial charge on any atom is -0.479 e. The van der Waals surface area contributed by atoms with Gasteiger partial charge in [0.05, 0.1) is 23.3 Å². The van der Waals surface area contributed by atoms with E-state index >= 15 is 0 Å². The molecular formula is C25H24ClN3O4S. The molecule has 176 valence electrons. The number of ether oxygens (including phenoxy) is 2. The van der Waals surface area contributed by atoms with E-state index in [9.17, 15) is 9.59 Å². The van der Waals surface area contributed by atoms with Crippen molar-refractivity contribution < 1.29 is 19.1 Å². The number of fused-ring (bicyclic) bond motifs is 2. The number of halogens is 1. The quantitative estimate of drug-likeness (QED) is 0.513. The highest BCUT2D eigenvalue weighted by Gasteiger charge is 2.35. The van der Waals surface area contributed by atoms with Gasteiger partial charge in [-0.15, -0.1) is 11.3 Å². The van der Waals surface area contributed by atoms with Crippen molar-refractivity contribution >= 4 is 45.2 Å². The first-order chi connectivity index (χ1) is 16.6. The van der Waals surface area contributed by atoms with Gasteiger partial charge in [0.2, 0.25) is 0 Å². The first-order valence-electron chi connectivity index (χ1n) is 11.6. The Morgan fingerprint density at radius 2 is 2.00 bits per heavy atom. The van der Waals surface area contributed by atoms with E-state index in [2.05, 4.69) is 4.98 Å². The molecule has 5 heterocycles. The fourth-order valence-electron chi connectivity index (χ4n) is 5.02. The molecule has 34 heavy (non-hydrogen) atoms. The van der Waals surface area contributed by atoms with Gasteiger partial charge in [-0.25, -0.2) is 4.79 Å². The van der Waals surface area contributed by atoms with E-state index in [1.807, 2.05) is 29.2 Å². The molecule has 9 heteroatoms. The van der Waals surface area contributed by atoms with Crippen LogP contribution in [0.25, 0.3) is 21.3 Å². The van der Waals surface area contributed by atoms with Crippen LogP contribution in [0.15, 0.2) is 30.5 Å². The molecule has 0 bridgehead atoms. The molecule has 1 aromatic carbocycles. The first-order valence-corrected chi connectivity index (χ1v) is 12.8. The highest BCUT2D eigenvalue weighted by atomic mass is 35.5. The zero-order chi connectivity index (χ0) is 23.2. The molecule has 2 saturated heterocycles. The van der Waals surface area contributed by atoms with Crippen LogP contribution < -0.4 is 4.74 Å². The summed E-state index contributed by atoms with van der Waals surface area (Å²) in [4.78, 5) is 34.2. The highest BCUT2D eigenvalue weighted by molar-refractivity contribution is 7.19. The summed E-state index contributed by atoms with van der Waals surface area (Å²) in [6.07, 6.45) is 4.78. The molecule has 2 aromatic heterocycles. The lowest BCUT2D eigenvalue weighted by Crippen LogP contribution is -2.43. The number of hydrogen-bond acceptors (Lipinski definition) is 6. The van der Waals surface area contributed by atoms with Crippen LogP contribution in [0.1, 0.15) is 29.7 Å². The standard InChI is InChI=1S/C25H24ClN3O4S/c26-16-10-15-11-21(24(30)28-6-2-1-3-7-28)33-22(15)19(12-16)18-4-5-27-20-13-17(34-23(18)20)14-29-8-9-32-25(29)31/h4-5,10,12-13,21H,1-3,6-9,11,14H2. The maximum Gasteiger partial charge on any atom is 0.410 e. The van der Waals surface area contributed by atoms with Crippen molar-refractivity contribution in [2.24, 2.45) is 0 Å². The average Bonchev–Trinajstić information content (AvgIpc) is 3.56. The van der Waals surface area contributed by atoms with Crippen LogP contribution in [0.5, 0.6) is 5.75 Å². The number of amides is 2. The molecule has 6 rings (SSSR count). The predicted octanol–water partition coefficient (Wildman–Crippen LogP) is 4.88. The lowest BCUT2D eigenvalue weighted by molar-refractivity contribution is -0.138. The summed E-state index contributed by atoms with van der Waals surface area (Å²) in [5, 5.41) is 0.616. The summed E-state index contributed by atoms with van der Waals surface area (Å²) in [5.41, 5.74) is 3.66. The van der Waals surface area contributed by atoms with Crippen LogP contribution in [-0.2, 0) is 22.5 Å². The summed E-state index contributed by atoms with van der Waals surface area (Å²) in [6, 6.07) is 7.78. The molecule has 0 spiro atoms. The molecule has 0 saturated carbocycles. The Hall–Kier alpha value is -2.84. The third-order valence-corrected chi connectivity index (χ3v) is 8.04. The number of benzene rings is 1. The topological polar surface area (TPSA) is 72.0 Å². The number of aromatic nitrogens is 1. The molecule has 1 atom stereocenters. The van der Waals surface area contributed by atoms with Crippen LogP contribution in [0.4, 0.5) is 4.79 Å². The molecule has 3 aromatic rings. The monoisotopic (exact) mass is 497 g/mol. The smallest absolute Gasteiger partial charge is 0.410 e. The molecule has 0 radical (unpaired) electrons. The minimum atomic E-state index is -0.511. The van der Waals surface area contributed by atoms with Gasteiger partial charge >= 0.3 is 6.09 Å². The molecule has 1 unspecified atom stereocenters. The van der Waals surface area contributed by atoms with Gasteiger partial charge in [-0.2, -0.15) is 0 Å². The normalized spacial score (nSPS) is 19.9. The molecule has 3 aliphatic heterocycles. The fraction of sp³-hybridized carbons (Fsp3) is 0.400. The van der Waals surface area contributed by atoms with E-state index in [0.717, 1.165) is 63.5 Å². The summed E-state index contributed by atoms with van der Waals surface area (Å²) in [7, 11) is 0. The van der Waals surface area contributed by atoms with E-state index in [1.54, 1.807) is 22.4 Å². The van der Waals surface area contributed by atoms with Gasteiger partial charge in [0.1, 0.15) is 12.4 Å². The number of pyridine rings is 1. The Kier molecular flexibility index (Phi) is 5.57. The average molecular weight is 498 g/mol. The molecule has 3 aliphatic rings. The second-order valence-electron chi connectivity index (χ2n) is 8.96. The predicted molar refractivity (Wildman–Crippen MR) is 130 cm³/mol. The van der Waals surface area contributed by atoms with E-state index in [-0.39, 0.29) is 12.0 Å². The van der Waals surface area contributed by atoms with Gasteiger partial charge < -0.3 is 14.4 Å². The van der Waals surface area contributed by atoms with E-state index < -0.39 is 6.10 Å². The number of nitrogens with zero attached hydrogens (tertiary/aromatic N) is 3. The van der Waals surface area contributed by atoms with Crippen molar-refractivity contribution in [3.8, 4) is 16.9 Å². The Bertz CT molecular complexity index is 1290. The van der Waals surface area contributed by atoms with E-state index in [0.29, 0.717) is 31.1 Å². The zero-order valence-corrected chi connectivity index (χ0v) is 20.2. The lowest BCUT2D eigenvalue weighted by Gasteiger charge is -2.28. The van der Waals surface area contributed by atoms with Crippen molar-refractivity contribution in [2.45, 2.75) is 38.3 Å². The highest BCUT2D eigenvalue weighted by Crippen LogP contribution is 2.45. The third kappa shape index (κ3) is 3.88. The Morgan fingerprint density at radius 3 is 2.79 bits per heavy atom. The van der Waals surface area contributed by atoms with Gasteiger partial charge in [-0.1, -0.05) is 11.6 Å². The van der Waals surface area contributed by atoms with Gasteiger partial charge in [-0.3, -0.25) is 14.7 Å². The Morgan fingerprint density at radius 1 is 1.15 bits per heavy atom. The van der Waals surface area contributed by atoms with Gasteiger partial charge in [0, 0.05) is 52.3 Å². The van der Waals surface area contributed by atoms with Crippen LogP contribution in [0, 0.1) is 0 Å². The molecule has 0 aliphatic carbocycles. The van der Waals surface area contributed by atoms with Crippen molar-refractivity contribution in [3.05, 3.63) is 45.9 Å². The largest absolute Gasteiger partial charge is 0.479 e. The molecule has 2 amide bonds. The number of likely N-dealkylation sites (tertiary alicyclic amines) is 1. The molecule has 0 N–H and O–H groups in total. The SMILES string of the molecule is O=C1OCCN1Cc1cc2nccc(-c3cc(Cl)cc4c3OC(C(=O)N3CCCCC3)C4)c2s1. The van der Waals surface area contributed by atoms with Crippen LogP contribution >= 0.6 is 22.9 Å².